The Labute approximate surface area is 122 Å². The molecule has 0 aromatic carbocycles. The van der Waals surface area contributed by atoms with Gasteiger partial charge in [-0.2, -0.15) is 0 Å². The van der Waals surface area contributed by atoms with Gasteiger partial charge in [-0.3, -0.25) is 0 Å². The summed E-state index contributed by atoms with van der Waals surface area (Å²) in [4.78, 5) is 11.2. The van der Waals surface area contributed by atoms with Crippen molar-refractivity contribution in [3.8, 4) is 0 Å². The van der Waals surface area contributed by atoms with Crippen LogP contribution in [0.25, 0.3) is 0 Å². The van der Waals surface area contributed by atoms with E-state index in [-0.39, 0.29) is 12.2 Å². The number of carbonyl (C=O) groups is 1. The van der Waals surface area contributed by atoms with Crippen molar-refractivity contribution in [2.24, 2.45) is 0 Å². The van der Waals surface area contributed by atoms with Crippen LogP contribution in [0.15, 0.2) is 24.3 Å². The first kappa shape index (κ1) is 15.1. The minimum Gasteiger partial charge on any atom is -0.422 e. The highest BCUT2D eigenvalue weighted by molar-refractivity contribution is 5.63. The van der Waals surface area contributed by atoms with Crippen molar-refractivity contribution >= 4 is 6.16 Å². The fourth-order valence-corrected chi connectivity index (χ4v) is 2.73. The molecule has 0 saturated carbocycles. The second kappa shape index (κ2) is 8.83. The van der Waals surface area contributed by atoms with Gasteiger partial charge in [-0.25, -0.2) is 4.79 Å². The third kappa shape index (κ3) is 5.40. The van der Waals surface area contributed by atoms with Crippen LogP contribution in [0, 0.1) is 0 Å². The molecule has 3 heteroatoms. The molecule has 112 valence electrons. The average molecular weight is 278 g/mol. The standard InChI is InChI=1S/C17H26O3/c18-17-19-15-13-11-9-7-5-3-1-2-4-6-8-10-12-14-16(15)20-17/h11-16H,1-10H2/b13-11+,14-12+/t15-,16-/m1/s1. The summed E-state index contributed by atoms with van der Waals surface area (Å²) in [7, 11) is 0. The maximum absolute atomic E-state index is 11.2. The topological polar surface area (TPSA) is 35.5 Å². The lowest BCUT2D eigenvalue weighted by molar-refractivity contribution is 0.122. The molecule has 1 aliphatic carbocycles. The molecule has 0 aromatic rings. The minimum absolute atomic E-state index is 0.244. The van der Waals surface area contributed by atoms with Crippen LogP contribution >= 0.6 is 0 Å². The molecular weight excluding hydrogens is 252 g/mol. The van der Waals surface area contributed by atoms with E-state index in [1.807, 2.05) is 12.2 Å². The molecule has 1 aliphatic heterocycles. The zero-order valence-electron chi connectivity index (χ0n) is 12.3. The third-order valence-corrected chi connectivity index (χ3v) is 3.93. The van der Waals surface area contributed by atoms with Gasteiger partial charge in [-0.05, 0) is 37.8 Å². The quantitative estimate of drug-likeness (QED) is 0.466. The second-order valence-electron chi connectivity index (χ2n) is 5.68. The predicted octanol–water partition coefficient (Wildman–Crippen LogP) is 4.92. The van der Waals surface area contributed by atoms with E-state index in [9.17, 15) is 4.79 Å². The number of hydrogen-bond donors (Lipinski definition) is 0. The van der Waals surface area contributed by atoms with Crippen molar-refractivity contribution in [2.45, 2.75) is 76.4 Å². The van der Waals surface area contributed by atoms with Crippen LogP contribution < -0.4 is 0 Å². The molecule has 2 atom stereocenters. The summed E-state index contributed by atoms with van der Waals surface area (Å²) < 4.78 is 10.3. The first-order chi connectivity index (χ1) is 9.86. The maximum Gasteiger partial charge on any atom is 0.509 e. The van der Waals surface area contributed by atoms with Gasteiger partial charge in [0, 0.05) is 0 Å². The monoisotopic (exact) mass is 278 g/mol. The van der Waals surface area contributed by atoms with E-state index in [0.29, 0.717) is 0 Å². The Balaban J connectivity index is 1.87. The van der Waals surface area contributed by atoms with E-state index in [1.165, 1.54) is 51.4 Å². The summed E-state index contributed by atoms with van der Waals surface area (Å²) in [6, 6.07) is 0. The van der Waals surface area contributed by atoms with Crippen LogP contribution in [0.3, 0.4) is 0 Å². The largest absolute Gasteiger partial charge is 0.509 e. The Morgan fingerprint density at radius 2 is 1.10 bits per heavy atom. The molecule has 2 rings (SSSR count). The van der Waals surface area contributed by atoms with Crippen molar-refractivity contribution in [1.29, 1.82) is 0 Å². The van der Waals surface area contributed by atoms with Gasteiger partial charge < -0.3 is 9.47 Å². The number of ether oxygens (including phenoxy) is 2. The first-order valence-corrected chi connectivity index (χ1v) is 8.07. The van der Waals surface area contributed by atoms with Gasteiger partial charge >= 0.3 is 6.16 Å². The number of carbonyl (C=O) groups excluding carboxylic acids is 1. The van der Waals surface area contributed by atoms with Gasteiger partial charge in [0.05, 0.1) is 0 Å². The molecule has 2 aliphatic rings. The zero-order valence-corrected chi connectivity index (χ0v) is 12.3. The summed E-state index contributed by atoms with van der Waals surface area (Å²) in [5.74, 6) is 0. The van der Waals surface area contributed by atoms with Gasteiger partial charge in [-0.1, -0.05) is 50.7 Å². The van der Waals surface area contributed by atoms with Crippen LogP contribution in [0.4, 0.5) is 4.79 Å². The molecule has 3 nitrogen and oxygen atoms in total. The molecule has 1 fully saturated rings. The highest BCUT2D eigenvalue weighted by atomic mass is 16.8. The molecule has 0 amide bonds. The lowest BCUT2D eigenvalue weighted by Crippen LogP contribution is -2.17. The van der Waals surface area contributed by atoms with Gasteiger partial charge in [0.1, 0.15) is 0 Å². The van der Waals surface area contributed by atoms with Crippen molar-refractivity contribution in [3.63, 3.8) is 0 Å². The lowest BCUT2D eigenvalue weighted by atomic mass is 10.0. The smallest absolute Gasteiger partial charge is 0.422 e. The van der Waals surface area contributed by atoms with E-state index >= 15 is 0 Å². The lowest BCUT2D eigenvalue weighted by Gasteiger charge is -2.07. The second-order valence-corrected chi connectivity index (χ2v) is 5.68. The number of rotatable bonds is 0. The van der Waals surface area contributed by atoms with E-state index in [0.717, 1.165) is 12.8 Å². The van der Waals surface area contributed by atoms with Crippen molar-refractivity contribution in [3.05, 3.63) is 24.3 Å². The van der Waals surface area contributed by atoms with Crippen LogP contribution in [0.1, 0.15) is 64.2 Å². The summed E-state index contributed by atoms with van der Waals surface area (Å²) >= 11 is 0. The highest BCUT2D eigenvalue weighted by Crippen LogP contribution is 2.19. The molecule has 0 unspecified atom stereocenters. The first-order valence-electron chi connectivity index (χ1n) is 8.07. The Bertz CT molecular complexity index is 314. The SMILES string of the molecule is O=C1O[C@@H]2/C=C/CCCCCCCCCC/C=C/[C@H]2O1. The Morgan fingerprint density at radius 3 is 1.55 bits per heavy atom. The summed E-state index contributed by atoms with van der Waals surface area (Å²) in [5, 5.41) is 0. The summed E-state index contributed by atoms with van der Waals surface area (Å²) in [5.41, 5.74) is 0. The van der Waals surface area contributed by atoms with Gasteiger partial charge in [0.15, 0.2) is 12.2 Å². The number of fused-ring (bicyclic) bond motifs is 1. The van der Waals surface area contributed by atoms with E-state index in [4.69, 9.17) is 9.47 Å². The van der Waals surface area contributed by atoms with Crippen molar-refractivity contribution < 1.29 is 14.3 Å². The maximum atomic E-state index is 11.2. The molecule has 20 heavy (non-hydrogen) atoms. The van der Waals surface area contributed by atoms with Gasteiger partial charge in [0.2, 0.25) is 0 Å². The van der Waals surface area contributed by atoms with Crippen molar-refractivity contribution in [1.82, 2.24) is 0 Å². The Morgan fingerprint density at radius 1 is 0.700 bits per heavy atom. The molecule has 0 aromatic heterocycles. The third-order valence-electron chi connectivity index (χ3n) is 3.93. The molecule has 0 N–H and O–H groups in total. The number of allylic oxidation sites excluding steroid dienone is 2. The van der Waals surface area contributed by atoms with E-state index < -0.39 is 6.16 Å². The Hall–Kier alpha value is -1.25. The fourth-order valence-electron chi connectivity index (χ4n) is 2.73. The molecular formula is C17H26O3. The normalized spacial score (nSPS) is 32.7. The summed E-state index contributed by atoms with van der Waals surface area (Å²) in [6.07, 6.45) is 19.8. The molecule has 1 saturated heterocycles. The van der Waals surface area contributed by atoms with Gasteiger partial charge in [0.25, 0.3) is 0 Å². The van der Waals surface area contributed by atoms with Gasteiger partial charge in [-0.15, -0.1) is 0 Å². The van der Waals surface area contributed by atoms with Crippen LogP contribution in [0.5, 0.6) is 0 Å². The summed E-state index contributed by atoms with van der Waals surface area (Å²) in [6.45, 7) is 0. The van der Waals surface area contributed by atoms with Crippen LogP contribution in [0.2, 0.25) is 0 Å². The predicted molar refractivity (Wildman–Crippen MR) is 79.6 cm³/mol. The molecule has 0 spiro atoms. The Kier molecular flexibility index (Phi) is 6.69. The van der Waals surface area contributed by atoms with E-state index in [1.54, 1.807) is 0 Å². The van der Waals surface area contributed by atoms with Crippen LogP contribution in [-0.4, -0.2) is 18.4 Å². The number of hydrogen-bond acceptors (Lipinski definition) is 3. The molecule has 1 heterocycles. The van der Waals surface area contributed by atoms with Crippen LogP contribution in [-0.2, 0) is 9.47 Å². The van der Waals surface area contributed by atoms with Crippen molar-refractivity contribution in [2.75, 3.05) is 0 Å². The zero-order chi connectivity index (χ0) is 14.0. The fraction of sp³-hybridized carbons (Fsp3) is 0.706. The highest BCUT2D eigenvalue weighted by Gasteiger charge is 2.32. The molecule has 0 bridgehead atoms. The average Bonchev–Trinajstić information content (AvgIpc) is 2.78. The minimum atomic E-state index is -0.549. The molecule has 0 radical (unpaired) electrons. The van der Waals surface area contributed by atoms with E-state index in [2.05, 4.69) is 12.2 Å².